The lowest BCUT2D eigenvalue weighted by Crippen LogP contribution is -2.04. The van der Waals surface area contributed by atoms with Gasteiger partial charge in [0.25, 0.3) is 0 Å². The molecule has 102 valence electrons. The number of pyridine rings is 1. The summed E-state index contributed by atoms with van der Waals surface area (Å²) < 4.78 is 2.01. The third-order valence-corrected chi connectivity index (χ3v) is 3.34. The summed E-state index contributed by atoms with van der Waals surface area (Å²) >= 11 is 0. The van der Waals surface area contributed by atoms with Crippen molar-refractivity contribution in [1.29, 1.82) is 0 Å². The fraction of sp³-hybridized carbons (Fsp3) is 0.467. The van der Waals surface area contributed by atoms with E-state index >= 15 is 0 Å². The van der Waals surface area contributed by atoms with Crippen LogP contribution < -0.4 is 5.32 Å². The average Bonchev–Trinajstić information content (AvgIpc) is 2.71. The molecule has 0 atom stereocenters. The van der Waals surface area contributed by atoms with Crippen LogP contribution in [0.15, 0.2) is 18.3 Å². The lowest BCUT2D eigenvalue weighted by molar-refractivity contribution is 0.830. The summed E-state index contributed by atoms with van der Waals surface area (Å²) in [5, 5.41) is 7.94. The topological polar surface area (TPSA) is 42.7 Å². The highest BCUT2D eigenvalue weighted by molar-refractivity contribution is 5.46. The monoisotopic (exact) mass is 258 g/mol. The number of nitrogens with one attached hydrogen (secondary N) is 1. The Morgan fingerprint density at radius 3 is 2.68 bits per heavy atom. The normalized spacial score (nSPS) is 10.7. The van der Waals surface area contributed by atoms with Crippen LogP contribution in [0.4, 0.5) is 5.82 Å². The van der Waals surface area contributed by atoms with E-state index in [1.165, 1.54) is 11.3 Å². The first kappa shape index (κ1) is 13.6. The molecule has 0 unspecified atom stereocenters. The van der Waals surface area contributed by atoms with Gasteiger partial charge in [-0.05, 0) is 38.3 Å². The Morgan fingerprint density at radius 1 is 1.26 bits per heavy atom. The molecule has 2 rings (SSSR count). The first-order valence-corrected chi connectivity index (χ1v) is 6.92. The van der Waals surface area contributed by atoms with Crippen LogP contribution in [0.2, 0.25) is 0 Å². The van der Waals surface area contributed by atoms with Gasteiger partial charge >= 0.3 is 0 Å². The van der Waals surface area contributed by atoms with E-state index in [-0.39, 0.29) is 0 Å². The first-order chi connectivity index (χ1) is 9.17. The average molecular weight is 258 g/mol. The Morgan fingerprint density at radius 2 is 2.05 bits per heavy atom. The predicted molar refractivity (Wildman–Crippen MR) is 79.0 cm³/mol. The van der Waals surface area contributed by atoms with Crippen LogP contribution in [0.1, 0.15) is 37.2 Å². The molecule has 0 amide bonds. The molecule has 0 aliphatic rings. The Labute approximate surface area is 114 Å². The van der Waals surface area contributed by atoms with Crippen molar-refractivity contribution in [2.75, 3.05) is 11.9 Å². The zero-order valence-electron chi connectivity index (χ0n) is 12.2. The maximum atomic E-state index is 4.63. The van der Waals surface area contributed by atoms with Gasteiger partial charge in [0.2, 0.25) is 0 Å². The van der Waals surface area contributed by atoms with E-state index in [1.807, 2.05) is 16.9 Å². The molecule has 0 fully saturated rings. The number of anilines is 1. The fourth-order valence-electron chi connectivity index (χ4n) is 2.34. The Bertz CT molecular complexity index is 557. The van der Waals surface area contributed by atoms with Crippen molar-refractivity contribution in [2.45, 2.75) is 40.5 Å². The standard InChI is InChI=1S/C15H22N4/c1-5-8-16-15-10-13(7-9-17-15)19-12(4)14(6-2)11(3)18-19/h7,9-10H,5-6,8H2,1-4H3,(H,16,17). The Kier molecular flexibility index (Phi) is 4.20. The summed E-state index contributed by atoms with van der Waals surface area (Å²) in [4.78, 5) is 4.33. The highest BCUT2D eigenvalue weighted by atomic mass is 15.3. The number of aryl methyl sites for hydroxylation is 1. The van der Waals surface area contributed by atoms with Crippen molar-refractivity contribution in [3.05, 3.63) is 35.3 Å². The quantitative estimate of drug-likeness (QED) is 0.895. The van der Waals surface area contributed by atoms with Gasteiger partial charge in [0.05, 0.1) is 11.4 Å². The Hall–Kier alpha value is -1.84. The molecule has 2 aromatic rings. The summed E-state index contributed by atoms with van der Waals surface area (Å²) in [6.07, 6.45) is 3.94. The lowest BCUT2D eigenvalue weighted by Gasteiger charge is -2.08. The Balaban J connectivity index is 2.36. The number of aromatic nitrogens is 3. The fourth-order valence-corrected chi connectivity index (χ4v) is 2.34. The second kappa shape index (κ2) is 5.87. The van der Waals surface area contributed by atoms with Crippen molar-refractivity contribution in [1.82, 2.24) is 14.8 Å². The maximum Gasteiger partial charge on any atom is 0.128 e. The van der Waals surface area contributed by atoms with E-state index in [2.05, 4.69) is 49.2 Å². The molecule has 0 radical (unpaired) electrons. The SMILES string of the molecule is CCCNc1cc(-n2nc(C)c(CC)c2C)ccn1. The molecule has 4 nitrogen and oxygen atoms in total. The third kappa shape index (κ3) is 2.78. The smallest absolute Gasteiger partial charge is 0.128 e. The zero-order valence-corrected chi connectivity index (χ0v) is 12.2. The largest absolute Gasteiger partial charge is 0.370 e. The molecule has 0 spiro atoms. The molecule has 0 bridgehead atoms. The van der Waals surface area contributed by atoms with Crippen molar-refractivity contribution >= 4 is 5.82 Å². The second-order valence-corrected chi connectivity index (χ2v) is 4.74. The molecule has 0 saturated carbocycles. The van der Waals surface area contributed by atoms with Crippen LogP contribution in [0.25, 0.3) is 5.69 Å². The van der Waals surface area contributed by atoms with Crippen LogP contribution >= 0.6 is 0 Å². The van der Waals surface area contributed by atoms with Gasteiger partial charge < -0.3 is 5.32 Å². The first-order valence-electron chi connectivity index (χ1n) is 6.92. The number of hydrogen-bond acceptors (Lipinski definition) is 3. The van der Waals surface area contributed by atoms with Crippen molar-refractivity contribution in [3.8, 4) is 5.69 Å². The lowest BCUT2D eigenvalue weighted by atomic mass is 10.1. The summed E-state index contributed by atoms with van der Waals surface area (Å²) in [5.74, 6) is 0.907. The van der Waals surface area contributed by atoms with Gasteiger partial charge in [-0.3, -0.25) is 0 Å². The van der Waals surface area contributed by atoms with E-state index < -0.39 is 0 Å². The second-order valence-electron chi connectivity index (χ2n) is 4.74. The van der Waals surface area contributed by atoms with Crippen LogP contribution in [0.3, 0.4) is 0 Å². The third-order valence-electron chi connectivity index (χ3n) is 3.34. The van der Waals surface area contributed by atoms with E-state index in [1.54, 1.807) is 0 Å². The molecule has 2 aromatic heterocycles. The van der Waals surface area contributed by atoms with Gasteiger partial charge in [-0.15, -0.1) is 0 Å². The zero-order chi connectivity index (χ0) is 13.8. The minimum Gasteiger partial charge on any atom is -0.370 e. The molecule has 2 heterocycles. The van der Waals surface area contributed by atoms with Gasteiger partial charge in [-0.25, -0.2) is 9.67 Å². The van der Waals surface area contributed by atoms with Crippen molar-refractivity contribution < 1.29 is 0 Å². The van der Waals surface area contributed by atoms with Gasteiger partial charge in [0.1, 0.15) is 5.82 Å². The van der Waals surface area contributed by atoms with Crippen molar-refractivity contribution in [3.63, 3.8) is 0 Å². The summed E-state index contributed by atoms with van der Waals surface area (Å²) in [6, 6.07) is 4.05. The molecule has 0 aliphatic carbocycles. The molecule has 19 heavy (non-hydrogen) atoms. The summed E-state index contributed by atoms with van der Waals surface area (Å²) in [5.41, 5.74) is 4.72. The van der Waals surface area contributed by atoms with Gasteiger partial charge in [-0.2, -0.15) is 5.10 Å². The van der Waals surface area contributed by atoms with Gasteiger partial charge in [-0.1, -0.05) is 13.8 Å². The minimum atomic E-state index is 0.907. The van der Waals surface area contributed by atoms with Crippen LogP contribution in [-0.4, -0.2) is 21.3 Å². The molecule has 1 N–H and O–H groups in total. The van der Waals surface area contributed by atoms with Crippen LogP contribution in [-0.2, 0) is 6.42 Å². The van der Waals surface area contributed by atoms with Gasteiger partial charge in [0.15, 0.2) is 0 Å². The van der Waals surface area contributed by atoms with Crippen LogP contribution in [0, 0.1) is 13.8 Å². The molecule has 0 saturated heterocycles. The number of nitrogens with zero attached hydrogens (tertiary/aromatic N) is 3. The van der Waals surface area contributed by atoms with E-state index in [0.29, 0.717) is 0 Å². The number of hydrogen-bond donors (Lipinski definition) is 1. The molecule has 4 heteroatoms. The van der Waals surface area contributed by atoms with Crippen LogP contribution in [0.5, 0.6) is 0 Å². The highest BCUT2D eigenvalue weighted by Crippen LogP contribution is 2.19. The molecular formula is C15H22N4. The van der Waals surface area contributed by atoms with E-state index in [9.17, 15) is 0 Å². The van der Waals surface area contributed by atoms with Crippen molar-refractivity contribution in [2.24, 2.45) is 0 Å². The molecular weight excluding hydrogens is 236 g/mol. The minimum absolute atomic E-state index is 0.907. The highest BCUT2D eigenvalue weighted by Gasteiger charge is 2.11. The summed E-state index contributed by atoms with van der Waals surface area (Å²) in [7, 11) is 0. The molecule has 0 aromatic carbocycles. The number of rotatable bonds is 5. The van der Waals surface area contributed by atoms with E-state index in [4.69, 9.17) is 0 Å². The molecule has 0 aliphatic heterocycles. The predicted octanol–water partition coefficient (Wildman–Crippen LogP) is 3.27. The van der Waals surface area contributed by atoms with E-state index in [0.717, 1.165) is 36.6 Å². The maximum absolute atomic E-state index is 4.63. The van der Waals surface area contributed by atoms with Gasteiger partial charge in [0, 0.05) is 24.5 Å². The summed E-state index contributed by atoms with van der Waals surface area (Å²) in [6.45, 7) is 9.44.